The fourth-order valence-corrected chi connectivity index (χ4v) is 2.94. The van der Waals surface area contributed by atoms with E-state index in [2.05, 4.69) is 42.6 Å². The predicted octanol–water partition coefficient (Wildman–Crippen LogP) is 3.56. The van der Waals surface area contributed by atoms with Gasteiger partial charge in [-0.2, -0.15) is 0 Å². The van der Waals surface area contributed by atoms with Crippen LogP contribution in [0, 0.1) is 0 Å². The van der Waals surface area contributed by atoms with Gasteiger partial charge in [0, 0.05) is 12.6 Å². The van der Waals surface area contributed by atoms with E-state index in [1.165, 1.54) is 31.2 Å². The molecule has 2 nitrogen and oxygen atoms in total. The zero-order valence-electron chi connectivity index (χ0n) is 12.1. The van der Waals surface area contributed by atoms with Gasteiger partial charge in [-0.15, -0.1) is 0 Å². The average Bonchev–Trinajstić information content (AvgIpc) is 2.46. The van der Waals surface area contributed by atoms with Gasteiger partial charge in [0.25, 0.3) is 0 Å². The topological polar surface area (TPSA) is 21.3 Å². The van der Waals surface area contributed by atoms with E-state index in [1.54, 1.807) is 0 Å². The first kappa shape index (κ1) is 14.5. The van der Waals surface area contributed by atoms with Gasteiger partial charge >= 0.3 is 0 Å². The largest absolute Gasteiger partial charge is 0.378 e. The zero-order valence-corrected chi connectivity index (χ0v) is 12.1. The maximum atomic E-state index is 6.04. The molecule has 2 atom stereocenters. The van der Waals surface area contributed by atoms with E-state index in [1.807, 2.05) is 0 Å². The average molecular weight is 261 g/mol. The lowest BCUT2D eigenvalue weighted by atomic mass is 9.93. The minimum absolute atomic E-state index is 0.480. The molecule has 2 unspecified atom stereocenters. The van der Waals surface area contributed by atoms with E-state index in [9.17, 15) is 0 Å². The lowest BCUT2D eigenvalue weighted by Gasteiger charge is -2.29. The molecule has 0 spiro atoms. The second kappa shape index (κ2) is 8.34. The highest BCUT2D eigenvalue weighted by Crippen LogP contribution is 2.21. The van der Waals surface area contributed by atoms with Crippen LogP contribution in [-0.2, 0) is 11.2 Å². The number of hydrogen-bond donors (Lipinski definition) is 1. The van der Waals surface area contributed by atoms with Crippen molar-refractivity contribution >= 4 is 0 Å². The quantitative estimate of drug-likeness (QED) is 0.758. The van der Waals surface area contributed by atoms with E-state index >= 15 is 0 Å². The van der Waals surface area contributed by atoms with Gasteiger partial charge in [0.2, 0.25) is 0 Å². The monoisotopic (exact) mass is 261 g/mol. The highest BCUT2D eigenvalue weighted by molar-refractivity contribution is 5.14. The van der Waals surface area contributed by atoms with Crippen molar-refractivity contribution < 1.29 is 4.74 Å². The summed E-state index contributed by atoms with van der Waals surface area (Å²) in [6.07, 6.45) is 7.80. The third-order valence-electron chi connectivity index (χ3n) is 3.93. The number of benzene rings is 1. The minimum atomic E-state index is 0.480. The molecule has 0 aliphatic heterocycles. The van der Waals surface area contributed by atoms with E-state index in [0.29, 0.717) is 12.1 Å². The molecule has 1 N–H and O–H groups in total. The van der Waals surface area contributed by atoms with Gasteiger partial charge in [0.15, 0.2) is 0 Å². The lowest BCUT2D eigenvalue weighted by Crippen LogP contribution is -2.36. The fourth-order valence-electron chi connectivity index (χ4n) is 2.94. The molecule has 106 valence electrons. The number of aryl methyl sites for hydroxylation is 1. The molecule has 19 heavy (non-hydrogen) atoms. The summed E-state index contributed by atoms with van der Waals surface area (Å²) in [7, 11) is 0. The van der Waals surface area contributed by atoms with Gasteiger partial charge < -0.3 is 10.1 Å². The summed E-state index contributed by atoms with van der Waals surface area (Å²) in [6.45, 7) is 4.16. The minimum Gasteiger partial charge on any atom is -0.378 e. The molecule has 1 saturated carbocycles. The second-order valence-electron chi connectivity index (χ2n) is 5.50. The summed E-state index contributed by atoms with van der Waals surface area (Å²) in [6, 6.07) is 11.4. The molecule has 0 amide bonds. The van der Waals surface area contributed by atoms with Crippen LogP contribution in [0.3, 0.4) is 0 Å². The summed E-state index contributed by atoms with van der Waals surface area (Å²) in [4.78, 5) is 0. The Kier molecular flexibility index (Phi) is 6.38. The molecular weight excluding hydrogens is 234 g/mol. The number of nitrogens with one attached hydrogen (secondary N) is 1. The summed E-state index contributed by atoms with van der Waals surface area (Å²) in [5.41, 5.74) is 1.42. The molecule has 2 rings (SSSR count). The molecule has 1 fully saturated rings. The molecule has 0 bridgehead atoms. The van der Waals surface area contributed by atoms with E-state index in [0.717, 1.165) is 26.0 Å². The Morgan fingerprint density at radius 2 is 2.05 bits per heavy atom. The van der Waals surface area contributed by atoms with Crippen LogP contribution in [0.4, 0.5) is 0 Å². The van der Waals surface area contributed by atoms with E-state index < -0.39 is 0 Å². The van der Waals surface area contributed by atoms with Crippen molar-refractivity contribution in [3.63, 3.8) is 0 Å². The fraction of sp³-hybridized carbons (Fsp3) is 0.647. The van der Waals surface area contributed by atoms with Crippen molar-refractivity contribution in [2.24, 2.45) is 0 Å². The van der Waals surface area contributed by atoms with Crippen LogP contribution >= 0.6 is 0 Å². The highest BCUT2D eigenvalue weighted by Gasteiger charge is 2.21. The standard InChI is InChI=1S/C17H27NO/c1-2-18-16-11-6-12-17(14-16)19-13-7-10-15-8-4-3-5-9-15/h3-5,8-9,16-18H,2,6-7,10-14H2,1H3. The third-order valence-corrected chi connectivity index (χ3v) is 3.93. The molecular formula is C17H27NO. The van der Waals surface area contributed by atoms with Crippen LogP contribution in [0.1, 0.15) is 44.6 Å². The van der Waals surface area contributed by atoms with Crippen LogP contribution in [0.15, 0.2) is 30.3 Å². The van der Waals surface area contributed by atoms with Crippen LogP contribution in [0.5, 0.6) is 0 Å². The van der Waals surface area contributed by atoms with Crippen molar-refractivity contribution in [1.82, 2.24) is 5.32 Å². The summed E-state index contributed by atoms with van der Waals surface area (Å²) in [5, 5.41) is 3.55. The van der Waals surface area contributed by atoms with Crippen LogP contribution < -0.4 is 5.32 Å². The maximum absolute atomic E-state index is 6.04. The van der Waals surface area contributed by atoms with Crippen LogP contribution in [0.2, 0.25) is 0 Å². The first-order chi connectivity index (χ1) is 9.38. The van der Waals surface area contributed by atoms with Gasteiger partial charge in [-0.25, -0.2) is 0 Å². The second-order valence-corrected chi connectivity index (χ2v) is 5.50. The summed E-state index contributed by atoms with van der Waals surface area (Å²) >= 11 is 0. The Balaban J connectivity index is 1.60. The van der Waals surface area contributed by atoms with Gasteiger partial charge in [-0.05, 0) is 50.6 Å². The van der Waals surface area contributed by atoms with Gasteiger partial charge in [-0.3, -0.25) is 0 Å². The van der Waals surface area contributed by atoms with Crippen molar-refractivity contribution in [1.29, 1.82) is 0 Å². The molecule has 2 heteroatoms. The summed E-state index contributed by atoms with van der Waals surface area (Å²) in [5.74, 6) is 0. The normalized spacial score (nSPS) is 23.4. The number of rotatable bonds is 7. The van der Waals surface area contributed by atoms with Gasteiger partial charge in [0.05, 0.1) is 6.10 Å². The zero-order chi connectivity index (χ0) is 13.3. The first-order valence-corrected chi connectivity index (χ1v) is 7.77. The van der Waals surface area contributed by atoms with E-state index in [-0.39, 0.29) is 0 Å². The van der Waals surface area contributed by atoms with Crippen molar-refractivity contribution in [2.75, 3.05) is 13.2 Å². The Morgan fingerprint density at radius 1 is 1.21 bits per heavy atom. The van der Waals surface area contributed by atoms with Crippen molar-refractivity contribution in [3.8, 4) is 0 Å². The van der Waals surface area contributed by atoms with Gasteiger partial charge in [0.1, 0.15) is 0 Å². The Bertz CT molecular complexity index is 336. The lowest BCUT2D eigenvalue weighted by molar-refractivity contribution is 0.0187. The first-order valence-electron chi connectivity index (χ1n) is 7.77. The molecule has 1 aliphatic rings. The molecule has 0 radical (unpaired) electrons. The Labute approximate surface area is 117 Å². The van der Waals surface area contributed by atoms with Crippen molar-refractivity contribution in [3.05, 3.63) is 35.9 Å². The van der Waals surface area contributed by atoms with Crippen LogP contribution in [0.25, 0.3) is 0 Å². The highest BCUT2D eigenvalue weighted by atomic mass is 16.5. The molecule has 1 aliphatic carbocycles. The van der Waals surface area contributed by atoms with Crippen molar-refractivity contribution in [2.45, 2.75) is 57.6 Å². The molecule has 1 aromatic rings. The number of hydrogen-bond acceptors (Lipinski definition) is 2. The third kappa shape index (κ3) is 5.33. The molecule has 1 aromatic carbocycles. The maximum Gasteiger partial charge on any atom is 0.0590 e. The smallest absolute Gasteiger partial charge is 0.0590 e. The predicted molar refractivity (Wildman–Crippen MR) is 80.4 cm³/mol. The molecule has 0 heterocycles. The van der Waals surface area contributed by atoms with Gasteiger partial charge in [-0.1, -0.05) is 37.3 Å². The Morgan fingerprint density at radius 3 is 2.84 bits per heavy atom. The molecule has 0 saturated heterocycles. The SMILES string of the molecule is CCNC1CCCC(OCCCc2ccccc2)C1. The van der Waals surface area contributed by atoms with E-state index in [4.69, 9.17) is 4.74 Å². The Hall–Kier alpha value is -0.860. The number of ether oxygens (including phenoxy) is 1. The van der Waals surface area contributed by atoms with Crippen LogP contribution in [-0.4, -0.2) is 25.3 Å². The molecule has 0 aromatic heterocycles. The summed E-state index contributed by atoms with van der Waals surface area (Å²) < 4.78 is 6.04.